The zero-order valence-corrected chi connectivity index (χ0v) is 14.4. The first kappa shape index (κ1) is 15.8. The number of benzene rings is 3. The van der Waals surface area contributed by atoms with Crippen molar-refractivity contribution in [1.82, 2.24) is 0 Å². The van der Waals surface area contributed by atoms with E-state index >= 15 is 0 Å². The molecule has 1 amide bonds. The summed E-state index contributed by atoms with van der Waals surface area (Å²) in [6, 6.07) is 22.7. The minimum atomic E-state index is -0.177. The Morgan fingerprint density at radius 2 is 1.48 bits per heavy atom. The lowest BCUT2D eigenvalue weighted by Gasteiger charge is -2.07. The van der Waals surface area contributed by atoms with Crippen LogP contribution in [0.15, 0.2) is 77.3 Å². The average Bonchev–Trinajstić information content (AvgIpc) is 2.56. The van der Waals surface area contributed by atoms with Gasteiger partial charge in [-0.25, -0.2) is 0 Å². The molecular formula is C19H13BrClNO. The topological polar surface area (TPSA) is 29.1 Å². The molecule has 1 N–H and O–H groups in total. The van der Waals surface area contributed by atoms with Crippen molar-refractivity contribution in [2.24, 2.45) is 0 Å². The number of hydrogen-bond donors (Lipinski definition) is 1. The molecule has 114 valence electrons. The Hall–Kier alpha value is -2.10. The summed E-state index contributed by atoms with van der Waals surface area (Å²) in [5.74, 6) is -0.177. The molecule has 0 aliphatic carbocycles. The van der Waals surface area contributed by atoms with Gasteiger partial charge in [0.1, 0.15) is 0 Å². The minimum absolute atomic E-state index is 0.177. The van der Waals surface area contributed by atoms with Gasteiger partial charge >= 0.3 is 0 Å². The molecule has 0 aliphatic rings. The van der Waals surface area contributed by atoms with Crippen LogP contribution in [0.5, 0.6) is 0 Å². The molecule has 0 atom stereocenters. The van der Waals surface area contributed by atoms with Gasteiger partial charge in [0.15, 0.2) is 0 Å². The van der Waals surface area contributed by atoms with Crippen molar-refractivity contribution >= 4 is 39.1 Å². The minimum Gasteiger partial charge on any atom is -0.322 e. The van der Waals surface area contributed by atoms with E-state index in [1.807, 2.05) is 48.5 Å². The lowest BCUT2D eigenvalue weighted by molar-refractivity contribution is 0.102. The highest BCUT2D eigenvalue weighted by molar-refractivity contribution is 9.10. The van der Waals surface area contributed by atoms with Crippen molar-refractivity contribution < 1.29 is 4.79 Å². The molecule has 0 radical (unpaired) electrons. The molecule has 0 unspecified atom stereocenters. The van der Waals surface area contributed by atoms with Gasteiger partial charge in [0.25, 0.3) is 5.91 Å². The summed E-state index contributed by atoms with van der Waals surface area (Å²) in [6.45, 7) is 0. The Balaban J connectivity index is 1.75. The van der Waals surface area contributed by atoms with E-state index in [2.05, 4.69) is 21.2 Å². The van der Waals surface area contributed by atoms with Crippen molar-refractivity contribution in [1.29, 1.82) is 0 Å². The summed E-state index contributed by atoms with van der Waals surface area (Å²) in [4.78, 5) is 12.2. The van der Waals surface area contributed by atoms with E-state index in [0.29, 0.717) is 10.6 Å². The van der Waals surface area contributed by atoms with E-state index in [1.54, 1.807) is 24.3 Å². The van der Waals surface area contributed by atoms with Crippen molar-refractivity contribution in [2.75, 3.05) is 5.32 Å². The number of halogens is 2. The monoisotopic (exact) mass is 385 g/mol. The highest BCUT2D eigenvalue weighted by Crippen LogP contribution is 2.23. The first-order valence-corrected chi connectivity index (χ1v) is 8.22. The standard InChI is InChI=1S/C19H13BrClNO/c20-16-8-4-13(5-9-16)14-6-10-18(11-7-14)22-19(23)15-2-1-3-17(21)12-15/h1-12H,(H,22,23). The molecule has 0 heterocycles. The molecule has 4 heteroatoms. The number of carbonyl (C=O) groups is 1. The van der Waals surface area contributed by atoms with Crippen molar-refractivity contribution in [2.45, 2.75) is 0 Å². The van der Waals surface area contributed by atoms with Gasteiger partial charge < -0.3 is 5.32 Å². The van der Waals surface area contributed by atoms with Gasteiger partial charge in [-0.05, 0) is 53.6 Å². The third-order valence-corrected chi connectivity index (χ3v) is 4.17. The maximum Gasteiger partial charge on any atom is 0.255 e. The van der Waals surface area contributed by atoms with Gasteiger partial charge in [0.2, 0.25) is 0 Å². The highest BCUT2D eigenvalue weighted by atomic mass is 79.9. The fraction of sp³-hybridized carbons (Fsp3) is 0. The normalized spacial score (nSPS) is 10.3. The van der Waals surface area contributed by atoms with Crippen molar-refractivity contribution in [3.63, 3.8) is 0 Å². The third-order valence-electron chi connectivity index (χ3n) is 3.41. The molecule has 2 nitrogen and oxygen atoms in total. The second kappa shape index (κ2) is 6.99. The Bertz CT molecular complexity index is 829. The predicted molar refractivity (Wildman–Crippen MR) is 99.0 cm³/mol. The Labute approximate surface area is 148 Å². The molecule has 0 aromatic heterocycles. The van der Waals surface area contributed by atoms with Crippen LogP contribution in [0, 0.1) is 0 Å². The summed E-state index contributed by atoms with van der Waals surface area (Å²) in [7, 11) is 0. The molecule has 0 aliphatic heterocycles. The first-order chi connectivity index (χ1) is 11.1. The second-order valence-corrected chi connectivity index (χ2v) is 6.40. The summed E-state index contributed by atoms with van der Waals surface area (Å²) >= 11 is 9.34. The van der Waals surface area contributed by atoms with E-state index in [-0.39, 0.29) is 5.91 Å². The second-order valence-electron chi connectivity index (χ2n) is 5.05. The van der Waals surface area contributed by atoms with Crippen LogP contribution in [0.1, 0.15) is 10.4 Å². The fourth-order valence-electron chi connectivity index (χ4n) is 2.22. The Morgan fingerprint density at radius 3 is 2.09 bits per heavy atom. The fourth-order valence-corrected chi connectivity index (χ4v) is 2.68. The molecular weight excluding hydrogens is 374 g/mol. The summed E-state index contributed by atoms with van der Waals surface area (Å²) in [5.41, 5.74) is 3.50. The summed E-state index contributed by atoms with van der Waals surface area (Å²) in [5, 5.41) is 3.41. The Morgan fingerprint density at radius 1 is 0.870 bits per heavy atom. The molecule has 3 aromatic carbocycles. The number of nitrogens with one attached hydrogen (secondary N) is 1. The smallest absolute Gasteiger partial charge is 0.255 e. The zero-order valence-electron chi connectivity index (χ0n) is 12.1. The van der Waals surface area contributed by atoms with E-state index in [4.69, 9.17) is 11.6 Å². The lowest BCUT2D eigenvalue weighted by Crippen LogP contribution is -2.11. The van der Waals surface area contributed by atoms with Crippen LogP contribution in [-0.2, 0) is 0 Å². The number of anilines is 1. The molecule has 3 rings (SSSR count). The van der Waals surface area contributed by atoms with Crippen LogP contribution >= 0.6 is 27.5 Å². The molecule has 0 spiro atoms. The first-order valence-electron chi connectivity index (χ1n) is 7.05. The molecule has 0 saturated carbocycles. The van der Waals surface area contributed by atoms with Gasteiger partial charge in [-0.2, -0.15) is 0 Å². The quantitative estimate of drug-likeness (QED) is 0.585. The lowest BCUT2D eigenvalue weighted by atomic mass is 10.1. The van der Waals surface area contributed by atoms with E-state index in [9.17, 15) is 4.79 Å². The highest BCUT2D eigenvalue weighted by Gasteiger charge is 2.06. The van der Waals surface area contributed by atoms with Crippen LogP contribution in [0.3, 0.4) is 0 Å². The van der Waals surface area contributed by atoms with Gasteiger partial charge in [0, 0.05) is 20.7 Å². The van der Waals surface area contributed by atoms with E-state index in [1.165, 1.54) is 0 Å². The molecule has 0 fully saturated rings. The maximum atomic E-state index is 12.2. The Kier molecular flexibility index (Phi) is 4.79. The number of hydrogen-bond acceptors (Lipinski definition) is 1. The summed E-state index contributed by atoms with van der Waals surface area (Å²) in [6.07, 6.45) is 0. The number of rotatable bonds is 3. The zero-order chi connectivity index (χ0) is 16.2. The predicted octanol–water partition coefficient (Wildman–Crippen LogP) is 6.02. The summed E-state index contributed by atoms with van der Waals surface area (Å²) < 4.78 is 1.05. The van der Waals surface area contributed by atoms with E-state index in [0.717, 1.165) is 21.3 Å². The van der Waals surface area contributed by atoms with Crippen LogP contribution in [-0.4, -0.2) is 5.91 Å². The van der Waals surface area contributed by atoms with Gasteiger partial charge in [-0.1, -0.05) is 57.9 Å². The van der Waals surface area contributed by atoms with Crippen LogP contribution in [0.25, 0.3) is 11.1 Å². The van der Waals surface area contributed by atoms with Crippen molar-refractivity contribution in [3.8, 4) is 11.1 Å². The number of amides is 1. The van der Waals surface area contributed by atoms with Crippen LogP contribution in [0.4, 0.5) is 5.69 Å². The third kappa shape index (κ3) is 4.01. The SMILES string of the molecule is O=C(Nc1ccc(-c2ccc(Br)cc2)cc1)c1cccc(Cl)c1. The molecule has 0 bridgehead atoms. The van der Waals surface area contributed by atoms with Gasteiger partial charge in [-0.15, -0.1) is 0 Å². The maximum absolute atomic E-state index is 12.2. The van der Waals surface area contributed by atoms with Crippen molar-refractivity contribution in [3.05, 3.63) is 87.9 Å². The number of carbonyl (C=O) groups excluding carboxylic acids is 1. The average molecular weight is 387 g/mol. The van der Waals surface area contributed by atoms with Gasteiger partial charge in [-0.3, -0.25) is 4.79 Å². The molecule has 0 saturated heterocycles. The van der Waals surface area contributed by atoms with Gasteiger partial charge in [0.05, 0.1) is 0 Å². The van der Waals surface area contributed by atoms with Crippen LogP contribution in [0.2, 0.25) is 5.02 Å². The largest absolute Gasteiger partial charge is 0.322 e. The molecule has 3 aromatic rings. The molecule has 23 heavy (non-hydrogen) atoms. The van der Waals surface area contributed by atoms with Crippen LogP contribution < -0.4 is 5.32 Å². The van der Waals surface area contributed by atoms with E-state index < -0.39 is 0 Å².